The number of nitrogens with one attached hydrogen (secondary N) is 2. The third kappa shape index (κ3) is 3.46. The molecule has 2 fully saturated rings. The number of aromatic nitrogens is 2. The van der Waals surface area contributed by atoms with Gasteiger partial charge in [-0.1, -0.05) is 6.58 Å². The van der Waals surface area contributed by atoms with Gasteiger partial charge in [-0.05, 0) is 55.7 Å². The summed E-state index contributed by atoms with van der Waals surface area (Å²) in [6.07, 6.45) is 8.54. The van der Waals surface area contributed by atoms with Crippen molar-refractivity contribution < 1.29 is 9.53 Å². The average Bonchev–Trinajstić information content (AvgIpc) is 3.30. The Kier molecular flexibility index (Phi) is 4.91. The van der Waals surface area contributed by atoms with Crippen LogP contribution in [0.25, 0.3) is 11.0 Å². The van der Waals surface area contributed by atoms with E-state index in [1.165, 1.54) is 17.0 Å². The molecule has 2 unspecified atom stereocenters. The van der Waals surface area contributed by atoms with Gasteiger partial charge in [0.25, 0.3) is 0 Å². The van der Waals surface area contributed by atoms with Gasteiger partial charge < -0.3 is 19.9 Å². The molecule has 1 aliphatic carbocycles. The number of H-pyrrole nitrogens is 1. The molecule has 0 aromatic carbocycles. The number of hydrogen-bond donors (Lipinski definition) is 2. The number of likely N-dealkylation sites (tertiary alicyclic amines) is 1. The van der Waals surface area contributed by atoms with Crippen LogP contribution in [0.2, 0.25) is 0 Å². The zero-order valence-electron chi connectivity index (χ0n) is 16.1. The van der Waals surface area contributed by atoms with Crippen LogP contribution in [0.15, 0.2) is 31.1 Å². The van der Waals surface area contributed by atoms with Crippen LogP contribution in [0.4, 0.5) is 5.69 Å². The summed E-state index contributed by atoms with van der Waals surface area (Å²) in [6.45, 7) is 7.25. The van der Waals surface area contributed by atoms with E-state index in [9.17, 15) is 4.79 Å². The van der Waals surface area contributed by atoms with Crippen LogP contribution in [0, 0.1) is 5.92 Å². The van der Waals surface area contributed by atoms with E-state index in [4.69, 9.17) is 4.74 Å². The van der Waals surface area contributed by atoms with Crippen molar-refractivity contribution in [2.45, 2.75) is 44.2 Å². The minimum absolute atomic E-state index is 0.0107. The number of methoxy groups -OCH3 is 1. The first-order valence-electron chi connectivity index (χ1n) is 9.76. The molecule has 2 aromatic heterocycles. The van der Waals surface area contributed by atoms with E-state index in [2.05, 4.69) is 35.0 Å². The SMILES string of the molecule is C=CC(=O)N1C[C@H](Nc2ccnc3[nH]cc(C4CC4COC)c23)CC[C@@H]1C. The molecule has 2 aliphatic rings. The number of fused-ring (bicyclic) bond motifs is 1. The van der Waals surface area contributed by atoms with Gasteiger partial charge in [-0.25, -0.2) is 4.98 Å². The van der Waals surface area contributed by atoms with Gasteiger partial charge in [0, 0.05) is 55.8 Å². The molecule has 6 nitrogen and oxygen atoms in total. The van der Waals surface area contributed by atoms with Gasteiger partial charge in [0.1, 0.15) is 5.65 Å². The summed E-state index contributed by atoms with van der Waals surface area (Å²) in [6, 6.07) is 2.54. The van der Waals surface area contributed by atoms with Gasteiger partial charge in [0.05, 0.1) is 0 Å². The molecule has 4 atom stereocenters. The molecule has 1 aliphatic heterocycles. The highest BCUT2D eigenvalue weighted by Gasteiger charge is 2.40. The first kappa shape index (κ1) is 18.0. The Bertz CT molecular complexity index is 846. The van der Waals surface area contributed by atoms with E-state index < -0.39 is 0 Å². The second kappa shape index (κ2) is 7.35. The maximum absolute atomic E-state index is 12.1. The summed E-state index contributed by atoms with van der Waals surface area (Å²) in [4.78, 5) is 21.9. The minimum atomic E-state index is 0.0107. The average molecular weight is 368 g/mol. The van der Waals surface area contributed by atoms with Crippen molar-refractivity contribution >= 4 is 22.6 Å². The van der Waals surface area contributed by atoms with Gasteiger partial charge in [0.15, 0.2) is 0 Å². The molecule has 2 aromatic rings. The van der Waals surface area contributed by atoms with E-state index in [-0.39, 0.29) is 18.0 Å². The first-order valence-corrected chi connectivity index (χ1v) is 9.76. The maximum atomic E-state index is 12.1. The highest BCUT2D eigenvalue weighted by atomic mass is 16.5. The van der Waals surface area contributed by atoms with Gasteiger partial charge in [-0.2, -0.15) is 0 Å². The maximum Gasteiger partial charge on any atom is 0.246 e. The Balaban J connectivity index is 1.56. The standard InChI is InChI=1S/C21H28N4O2/c1-4-19(26)25-11-15(6-5-13(25)2)24-18-7-8-22-21-20(18)17(10-23-21)16-9-14(16)12-27-3/h4,7-8,10,13-16H,1,5-6,9,11-12H2,2-3H3,(H2,22,23,24)/t13-,14?,15+,16?/m0/s1. The van der Waals surface area contributed by atoms with Crippen molar-refractivity contribution in [2.75, 3.05) is 25.6 Å². The summed E-state index contributed by atoms with van der Waals surface area (Å²) in [5, 5.41) is 4.87. The number of aromatic amines is 1. The van der Waals surface area contributed by atoms with Crippen LogP contribution in [0.5, 0.6) is 0 Å². The molecule has 0 bridgehead atoms. The number of carbonyl (C=O) groups is 1. The lowest BCUT2D eigenvalue weighted by molar-refractivity contribution is -0.129. The van der Waals surface area contributed by atoms with Crippen molar-refractivity contribution in [3.8, 4) is 0 Å². The fourth-order valence-corrected chi connectivity index (χ4v) is 4.39. The largest absolute Gasteiger partial charge is 0.384 e. The number of hydrogen-bond acceptors (Lipinski definition) is 4. The highest BCUT2D eigenvalue weighted by Crippen LogP contribution is 2.50. The number of amides is 1. The fraction of sp³-hybridized carbons (Fsp3) is 0.524. The molecule has 3 heterocycles. The summed E-state index contributed by atoms with van der Waals surface area (Å²) >= 11 is 0. The van der Waals surface area contributed by atoms with Crippen LogP contribution in [0.3, 0.4) is 0 Å². The molecule has 1 amide bonds. The number of pyridine rings is 1. The number of ether oxygens (including phenoxy) is 1. The van der Waals surface area contributed by atoms with Gasteiger partial charge in [0.2, 0.25) is 5.91 Å². The lowest BCUT2D eigenvalue weighted by Crippen LogP contribution is -2.49. The third-order valence-electron chi connectivity index (χ3n) is 6.01. The number of piperidine rings is 1. The molecule has 0 radical (unpaired) electrons. The number of anilines is 1. The molecule has 4 rings (SSSR count). The van der Waals surface area contributed by atoms with Crippen LogP contribution in [-0.2, 0) is 9.53 Å². The van der Waals surface area contributed by atoms with Crippen LogP contribution >= 0.6 is 0 Å². The van der Waals surface area contributed by atoms with E-state index >= 15 is 0 Å². The third-order valence-corrected chi connectivity index (χ3v) is 6.01. The second-order valence-corrected chi connectivity index (χ2v) is 7.85. The molecule has 1 saturated heterocycles. The van der Waals surface area contributed by atoms with Gasteiger partial charge in [-0.15, -0.1) is 0 Å². The summed E-state index contributed by atoms with van der Waals surface area (Å²) in [5.41, 5.74) is 3.34. The summed E-state index contributed by atoms with van der Waals surface area (Å²) < 4.78 is 5.33. The van der Waals surface area contributed by atoms with Crippen LogP contribution in [0.1, 0.15) is 37.7 Å². The van der Waals surface area contributed by atoms with E-state index in [1.807, 2.05) is 17.2 Å². The molecule has 2 N–H and O–H groups in total. The molecule has 27 heavy (non-hydrogen) atoms. The molecule has 144 valence electrons. The van der Waals surface area contributed by atoms with Crippen LogP contribution in [-0.4, -0.2) is 53.1 Å². The minimum Gasteiger partial charge on any atom is -0.384 e. The Labute approximate surface area is 160 Å². The fourth-order valence-electron chi connectivity index (χ4n) is 4.39. The highest BCUT2D eigenvalue weighted by molar-refractivity contribution is 5.93. The zero-order valence-corrected chi connectivity index (χ0v) is 16.1. The molecule has 0 spiro atoms. The Morgan fingerprint density at radius 1 is 1.52 bits per heavy atom. The molecule has 1 saturated carbocycles. The molecular formula is C21H28N4O2. The predicted octanol–water partition coefficient (Wildman–Crippen LogP) is 3.29. The van der Waals surface area contributed by atoms with E-state index in [1.54, 1.807) is 7.11 Å². The number of carbonyl (C=O) groups excluding carboxylic acids is 1. The second-order valence-electron chi connectivity index (χ2n) is 7.85. The Morgan fingerprint density at radius 3 is 3.15 bits per heavy atom. The normalized spacial score (nSPS) is 27.6. The monoisotopic (exact) mass is 368 g/mol. The lowest BCUT2D eigenvalue weighted by atomic mass is 9.98. The number of rotatable bonds is 6. The smallest absolute Gasteiger partial charge is 0.246 e. The Morgan fingerprint density at radius 2 is 2.37 bits per heavy atom. The molecular weight excluding hydrogens is 340 g/mol. The summed E-state index contributed by atoms with van der Waals surface area (Å²) in [7, 11) is 1.76. The van der Waals surface area contributed by atoms with E-state index in [0.29, 0.717) is 18.4 Å². The van der Waals surface area contributed by atoms with Crippen molar-refractivity contribution in [3.63, 3.8) is 0 Å². The molecule has 6 heteroatoms. The Hall–Kier alpha value is -2.34. The lowest BCUT2D eigenvalue weighted by Gasteiger charge is -2.38. The van der Waals surface area contributed by atoms with Gasteiger partial charge >= 0.3 is 0 Å². The van der Waals surface area contributed by atoms with E-state index in [0.717, 1.165) is 37.2 Å². The van der Waals surface area contributed by atoms with Crippen molar-refractivity contribution in [2.24, 2.45) is 5.92 Å². The van der Waals surface area contributed by atoms with Crippen molar-refractivity contribution in [1.82, 2.24) is 14.9 Å². The van der Waals surface area contributed by atoms with Gasteiger partial charge in [-0.3, -0.25) is 4.79 Å². The topological polar surface area (TPSA) is 70.2 Å². The zero-order chi connectivity index (χ0) is 19.0. The van der Waals surface area contributed by atoms with Crippen molar-refractivity contribution in [1.29, 1.82) is 0 Å². The summed E-state index contributed by atoms with van der Waals surface area (Å²) in [5.74, 6) is 1.14. The number of nitrogens with zero attached hydrogens (tertiary/aromatic N) is 2. The predicted molar refractivity (Wildman–Crippen MR) is 107 cm³/mol. The first-order chi connectivity index (χ1) is 13.1. The van der Waals surface area contributed by atoms with Crippen LogP contribution < -0.4 is 5.32 Å². The van der Waals surface area contributed by atoms with Crippen molar-refractivity contribution in [3.05, 3.63) is 36.7 Å². The quantitative estimate of drug-likeness (QED) is 0.768.